The third-order valence-electron chi connectivity index (χ3n) is 5.99. The summed E-state index contributed by atoms with van der Waals surface area (Å²) in [5, 5.41) is 0. The fourth-order valence-electron chi connectivity index (χ4n) is 4.39. The van der Waals surface area contributed by atoms with Crippen molar-refractivity contribution in [2.75, 3.05) is 32.9 Å². The van der Waals surface area contributed by atoms with E-state index >= 15 is 0 Å². The summed E-state index contributed by atoms with van der Waals surface area (Å²) in [6.45, 7) is 8.67. The van der Waals surface area contributed by atoms with Crippen molar-refractivity contribution in [1.82, 2.24) is 9.88 Å². The molecule has 0 N–H and O–H groups in total. The van der Waals surface area contributed by atoms with Crippen LogP contribution in [0.1, 0.15) is 69.6 Å². The normalized spacial score (nSPS) is 23.1. The summed E-state index contributed by atoms with van der Waals surface area (Å²) in [5.74, 6) is 2.16. The molecule has 0 radical (unpaired) electrons. The minimum absolute atomic E-state index is 0.250. The second-order valence-corrected chi connectivity index (χ2v) is 8.54. The van der Waals surface area contributed by atoms with Gasteiger partial charge in [-0.3, -0.25) is 4.90 Å². The first-order chi connectivity index (χ1) is 14.2. The highest BCUT2D eigenvalue weighted by Gasteiger charge is 2.31. The monoisotopic (exact) mass is 398 g/mol. The van der Waals surface area contributed by atoms with Crippen LogP contribution >= 0.6 is 0 Å². The number of rotatable bonds is 8. The van der Waals surface area contributed by atoms with Crippen molar-refractivity contribution < 1.29 is 13.9 Å². The highest BCUT2D eigenvalue weighted by molar-refractivity contribution is 5.61. The van der Waals surface area contributed by atoms with E-state index < -0.39 is 0 Å². The summed E-state index contributed by atoms with van der Waals surface area (Å²) in [5.41, 5.74) is 2.12. The van der Waals surface area contributed by atoms with E-state index in [9.17, 15) is 0 Å². The molecule has 1 aromatic heterocycles. The first kappa shape index (κ1) is 20.6. The molecule has 3 heterocycles. The first-order valence-corrected chi connectivity index (χ1v) is 11.2. The van der Waals surface area contributed by atoms with Gasteiger partial charge < -0.3 is 13.9 Å². The van der Waals surface area contributed by atoms with Gasteiger partial charge >= 0.3 is 0 Å². The summed E-state index contributed by atoms with van der Waals surface area (Å²) in [6, 6.07) is 10.6. The lowest BCUT2D eigenvalue weighted by Crippen LogP contribution is -2.30. The molecule has 2 atom stereocenters. The summed E-state index contributed by atoms with van der Waals surface area (Å²) < 4.78 is 18.0. The Labute approximate surface area is 174 Å². The van der Waals surface area contributed by atoms with Crippen LogP contribution in [0.2, 0.25) is 0 Å². The number of ether oxygens (including phenoxy) is 2. The minimum Gasteiger partial charge on any atom is -0.443 e. The second-order valence-electron chi connectivity index (χ2n) is 8.54. The maximum Gasteiger partial charge on any atom is 0.212 e. The Hall–Kier alpha value is -1.69. The summed E-state index contributed by atoms with van der Waals surface area (Å²) in [6.07, 6.45) is 6.13. The molecule has 4 rings (SSSR count). The van der Waals surface area contributed by atoms with Crippen LogP contribution < -0.4 is 0 Å². The number of hydrogen-bond donors (Lipinski definition) is 0. The van der Waals surface area contributed by atoms with E-state index in [1.54, 1.807) is 0 Å². The van der Waals surface area contributed by atoms with Crippen molar-refractivity contribution >= 4 is 0 Å². The standard InChI is InChI=1S/C24H34N2O3/c1-18(2)23-22(19-9-4-3-5-10-19)25-24(29-23)21-12-8-13-26(21)14-16-27-17-20-11-6-7-15-28-20/h3-5,9-10,18,20-21H,6-8,11-17H2,1-2H3. The smallest absolute Gasteiger partial charge is 0.212 e. The lowest BCUT2D eigenvalue weighted by atomic mass is 10.0. The van der Waals surface area contributed by atoms with Crippen LogP contribution in [0.15, 0.2) is 34.7 Å². The first-order valence-electron chi connectivity index (χ1n) is 11.2. The van der Waals surface area contributed by atoms with Crippen molar-refractivity contribution in [1.29, 1.82) is 0 Å². The van der Waals surface area contributed by atoms with Gasteiger partial charge in [-0.2, -0.15) is 0 Å². The maximum atomic E-state index is 6.33. The van der Waals surface area contributed by atoms with Crippen molar-refractivity contribution in [2.45, 2.75) is 64.0 Å². The molecular weight excluding hydrogens is 364 g/mol. The van der Waals surface area contributed by atoms with E-state index in [1.165, 1.54) is 19.3 Å². The molecule has 29 heavy (non-hydrogen) atoms. The Morgan fingerprint density at radius 1 is 1.14 bits per heavy atom. The van der Waals surface area contributed by atoms with Crippen LogP contribution in [0.5, 0.6) is 0 Å². The van der Waals surface area contributed by atoms with Crippen LogP contribution in [-0.4, -0.2) is 48.9 Å². The Kier molecular flexibility index (Phi) is 7.01. The van der Waals surface area contributed by atoms with Crippen molar-refractivity contribution in [3.05, 3.63) is 42.0 Å². The van der Waals surface area contributed by atoms with Gasteiger partial charge in [0.1, 0.15) is 11.5 Å². The van der Waals surface area contributed by atoms with Gasteiger partial charge in [-0.1, -0.05) is 44.2 Å². The number of nitrogens with zero attached hydrogens (tertiary/aromatic N) is 2. The van der Waals surface area contributed by atoms with Gasteiger partial charge in [0.15, 0.2) is 0 Å². The fourth-order valence-corrected chi connectivity index (χ4v) is 4.39. The number of oxazole rings is 1. The average molecular weight is 399 g/mol. The van der Waals surface area contributed by atoms with Gasteiger partial charge in [0.05, 0.1) is 25.4 Å². The van der Waals surface area contributed by atoms with E-state index in [0.717, 1.165) is 62.1 Å². The molecule has 158 valence electrons. The Balaban J connectivity index is 1.39. The number of aromatic nitrogens is 1. The number of benzene rings is 1. The van der Waals surface area contributed by atoms with Gasteiger partial charge in [0.25, 0.3) is 0 Å². The van der Waals surface area contributed by atoms with Crippen LogP contribution in [0.3, 0.4) is 0 Å². The van der Waals surface area contributed by atoms with E-state index in [1.807, 2.05) is 6.07 Å². The van der Waals surface area contributed by atoms with Crippen molar-refractivity contribution in [3.63, 3.8) is 0 Å². The molecule has 1 aromatic carbocycles. The van der Waals surface area contributed by atoms with Gasteiger partial charge in [0.2, 0.25) is 5.89 Å². The van der Waals surface area contributed by atoms with Gasteiger partial charge in [0, 0.05) is 24.6 Å². The van der Waals surface area contributed by atoms with Crippen LogP contribution in [-0.2, 0) is 9.47 Å². The Morgan fingerprint density at radius 2 is 2.00 bits per heavy atom. The number of likely N-dealkylation sites (tertiary alicyclic amines) is 1. The van der Waals surface area contributed by atoms with E-state index in [2.05, 4.69) is 43.0 Å². The summed E-state index contributed by atoms with van der Waals surface area (Å²) in [4.78, 5) is 7.43. The van der Waals surface area contributed by atoms with Crippen LogP contribution in [0.25, 0.3) is 11.3 Å². The van der Waals surface area contributed by atoms with Gasteiger partial charge in [-0.25, -0.2) is 4.98 Å². The van der Waals surface area contributed by atoms with E-state index in [4.69, 9.17) is 18.9 Å². The third kappa shape index (κ3) is 5.08. The molecular formula is C24H34N2O3. The molecule has 0 bridgehead atoms. The second kappa shape index (κ2) is 9.88. The minimum atomic E-state index is 0.250. The fraction of sp³-hybridized carbons (Fsp3) is 0.625. The predicted octanol–water partition coefficient (Wildman–Crippen LogP) is 5.19. The Morgan fingerprint density at radius 3 is 2.76 bits per heavy atom. The molecule has 0 amide bonds. The molecule has 2 aliphatic heterocycles. The van der Waals surface area contributed by atoms with Crippen LogP contribution in [0.4, 0.5) is 0 Å². The molecule has 0 spiro atoms. The van der Waals surface area contributed by atoms with Crippen molar-refractivity contribution in [3.8, 4) is 11.3 Å². The van der Waals surface area contributed by atoms with Crippen LogP contribution in [0, 0.1) is 0 Å². The molecule has 2 fully saturated rings. The van der Waals surface area contributed by atoms with E-state index in [-0.39, 0.29) is 12.1 Å². The highest BCUT2D eigenvalue weighted by atomic mass is 16.5. The largest absolute Gasteiger partial charge is 0.443 e. The molecule has 5 heteroatoms. The third-order valence-corrected chi connectivity index (χ3v) is 5.99. The lowest BCUT2D eigenvalue weighted by Gasteiger charge is -2.24. The SMILES string of the molecule is CC(C)c1oc(C2CCCN2CCOCC2CCCCO2)nc1-c1ccccc1. The zero-order valence-electron chi connectivity index (χ0n) is 17.8. The van der Waals surface area contributed by atoms with Gasteiger partial charge in [-0.05, 0) is 38.6 Å². The molecule has 0 aliphatic carbocycles. The molecule has 5 nitrogen and oxygen atoms in total. The molecule has 2 aliphatic rings. The molecule has 2 unspecified atom stereocenters. The predicted molar refractivity (Wildman–Crippen MR) is 114 cm³/mol. The summed E-state index contributed by atoms with van der Waals surface area (Å²) >= 11 is 0. The quantitative estimate of drug-likeness (QED) is 0.573. The summed E-state index contributed by atoms with van der Waals surface area (Å²) in [7, 11) is 0. The maximum absolute atomic E-state index is 6.33. The highest BCUT2D eigenvalue weighted by Crippen LogP contribution is 2.37. The van der Waals surface area contributed by atoms with E-state index in [0.29, 0.717) is 12.5 Å². The zero-order valence-corrected chi connectivity index (χ0v) is 17.8. The molecule has 0 saturated carbocycles. The molecule has 2 aromatic rings. The zero-order chi connectivity index (χ0) is 20.1. The van der Waals surface area contributed by atoms with Gasteiger partial charge in [-0.15, -0.1) is 0 Å². The lowest BCUT2D eigenvalue weighted by molar-refractivity contribution is -0.0440. The molecule has 2 saturated heterocycles. The van der Waals surface area contributed by atoms with Crippen molar-refractivity contribution in [2.24, 2.45) is 0 Å². The Bertz CT molecular complexity index is 753. The topological polar surface area (TPSA) is 47.7 Å². The number of hydrogen-bond acceptors (Lipinski definition) is 5. The average Bonchev–Trinajstić information content (AvgIpc) is 3.40.